The average molecular weight is 332 g/mol. The van der Waals surface area contributed by atoms with Crippen LogP contribution in [0.2, 0.25) is 0 Å². The van der Waals surface area contributed by atoms with E-state index in [1.807, 2.05) is 19.9 Å². The fourth-order valence-corrected chi connectivity index (χ4v) is 2.35. The molecule has 1 amide bonds. The van der Waals surface area contributed by atoms with Crippen LogP contribution in [0.3, 0.4) is 0 Å². The van der Waals surface area contributed by atoms with Crippen molar-refractivity contribution in [2.45, 2.75) is 20.3 Å². The third kappa shape index (κ3) is 3.90. The van der Waals surface area contributed by atoms with Crippen LogP contribution in [0, 0.1) is 11.3 Å². The summed E-state index contributed by atoms with van der Waals surface area (Å²) in [6.45, 7) is 4.87. The summed E-state index contributed by atoms with van der Waals surface area (Å²) in [4.78, 5) is 14.1. The number of carbonyl (C=O) groups is 1. The maximum atomic E-state index is 12.6. The molecule has 0 unspecified atom stereocenters. The minimum atomic E-state index is -0.396. The molecular formula is C17H24N4O3. The zero-order valence-corrected chi connectivity index (χ0v) is 14.5. The van der Waals surface area contributed by atoms with Gasteiger partial charge in [0.1, 0.15) is 11.6 Å². The molecule has 1 aromatic carbocycles. The Morgan fingerprint density at radius 2 is 1.96 bits per heavy atom. The number of anilines is 1. The summed E-state index contributed by atoms with van der Waals surface area (Å²) < 4.78 is 10.4. The number of nitriles is 1. The minimum absolute atomic E-state index is 0.0599. The van der Waals surface area contributed by atoms with Crippen LogP contribution >= 0.6 is 0 Å². The largest absolute Gasteiger partial charge is 0.493 e. The summed E-state index contributed by atoms with van der Waals surface area (Å²) in [5.74, 6) is 0.355. The first-order valence-corrected chi connectivity index (χ1v) is 7.65. The third-order valence-corrected chi connectivity index (χ3v) is 3.58. The van der Waals surface area contributed by atoms with E-state index >= 15 is 0 Å². The Kier molecular flexibility index (Phi) is 6.93. The van der Waals surface area contributed by atoms with E-state index in [0.29, 0.717) is 35.8 Å². The number of likely N-dealkylation sites (N-methyl/N-ethyl adjacent to an activating group) is 1. The van der Waals surface area contributed by atoms with Crippen molar-refractivity contribution in [2.24, 2.45) is 5.73 Å². The third-order valence-electron chi connectivity index (χ3n) is 3.58. The van der Waals surface area contributed by atoms with Crippen molar-refractivity contribution in [1.82, 2.24) is 4.90 Å². The Bertz CT molecular complexity index is 677. The monoisotopic (exact) mass is 332 g/mol. The predicted molar refractivity (Wildman–Crippen MR) is 93.2 cm³/mol. The van der Waals surface area contributed by atoms with E-state index in [-0.39, 0.29) is 11.3 Å². The van der Waals surface area contributed by atoms with Gasteiger partial charge in [0, 0.05) is 18.7 Å². The van der Waals surface area contributed by atoms with E-state index in [2.05, 4.69) is 0 Å². The van der Waals surface area contributed by atoms with E-state index in [1.165, 1.54) is 14.2 Å². The fraction of sp³-hybridized carbons (Fsp3) is 0.412. The lowest BCUT2D eigenvalue weighted by Gasteiger charge is -2.20. The van der Waals surface area contributed by atoms with E-state index in [1.54, 1.807) is 17.0 Å². The fourth-order valence-electron chi connectivity index (χ4n) is 2.35. The quantitative estimate of drug-likeness (QED) is 0.446. The molecular weight excluding hydrogens is 308 g/mol. The van der Waals surface area contributed by atoms with Crippen LogP contribution < -0.4 is 20.9 Å². The molecule has 0 aliphatic heterocycles. The van der Waals surface area contributed by atoms with Crippen LogP contribution in [0.5, 0.6) is 11.5 Å². The number of carbonyl (C=O) groups excluding carboxylic acids is 1. The molecule has 0 fully saturated rings. The molecule has 4 N–H and O–H groups in total. The van der Waals surface area contributed by atoms with Crippen molar-refractivity contribution in [3.63, 3.8) is 0 Å². The Hall–Kier alpha value is -2.88. The maximum Gasteiger partial charge on any atom is 0.266 e. The molecule has 0 spiro atoms. The molecule has 0 saturated carbocycles. The number of nitrogens with two attached hydrogens (primary N) is 2. The van der Waals surface area contributed by atoms with Gasteiger partial charge in [0.05, 0.1) is 25.6 Å². The van der Waals surface area contributed by atoms with E-state index in [0.717, 1.165) is 6.42 Å². The molecule has 0 aromatic heterocycles. The summed E-state index contributed by atoms with van der Waals surface area (Å²) in [7, 11) is 2.94. The van der Waals surface area contributed by atoms with E-state index in [4.69, 9.17) is 20.9 Å². The molecule has 1 aromatic rings. The van der Waals surface area contributed by atoms with Gasteiger partial charge >= 0.3 is 0 Å². The Morgan fingerprint density at radius 1 is 1.29 bits per heavy atom. The first-order chi connectivity index (χ1) is 11.4. The lowest BCUT2D eigenvalue weighted by atomic mass is 10.0. The van der Waals surface area contributed by atoms with Crippen molar-refractivity contribution in [1.29, 1.82) is 5.26 Å². The zero-order valence-electron chi connectivity index (χ0n) is 14.5. The summed E-state index contributed by atoms with van der Waals surface area (Å²) in [5.41, 5.74) is 12.7. The number of amides is 1. The van der Waals surface area contributed by atoms with Crippen LogP contribution in [-0.4, -0.2) is 38.1 Å². The highest BCUT2D eigenvalue weighted by Crippen LogP contribution is 2.36. The first-order valence-electron chi connectivity index (χ1n) is 7.65. The number of methoxy groups -OCH3 is 2. The number of rotatable bonds is 7. The second kappa shape index (κ2) is 8.67. The molecule has 0 atom stereocenters. The van der Waals surface area contributed by atoms with Gasteiger partial charge in [0.2, 0.25) is 0 Å². The molecule has 0 saturated heterocycles. The lowest BCUT2D eigenvalue weighted by Crippen LogP contribution is -2.33. The standard InChI is InChI=1S/C17H24N4O3/c1-5-7-21(6-2)17(22)12(10-18)15(20)11-8-13(19)16(24-4)14(9-11)23-3/h8-9H,5-7,19-20H2,1-4H3/b15-12-. The number of nitrogen functional groups attached to an aromatic ring is 1. The maximum absolute atomic E-state index is 12.6. The number of hydrogen-bond donors (Lipinski definition) is 2. The van der Waals surface area contributed by atoms with Gasteiger partial charge in [-0.3, -0.25) is 4.79 Å². The molecule has 0 radical (unpaired) electrons. The topological polar surface area (TPSA) is 115 Å². The minimum Gasteiger partial charge on any atom is -0.493 e. The number of benzene rings is 1. The number of ether oxygens (including phenoxy) is 2. The summed E-state index contributed by atoms with van der Waals surface area (Å²) in [6, 6.07) is 5.05. The predicted octanol–water partition coefficient (Wildman–Crippen LogP) is 1.74. The van der Waals surface area contributed by atoms with Gasteiger partial charge in [-0.15, -0.1) is 0 Å². The highest BCUT2D eigenvalue weighted by molar-refractivity contribution is 6.04. The van der Waals surface area contributed by atoms with Crippen molar-refractivity contribution in [3.05, 3.63) is 23.3 Å². The Balaban J connectivity index is 3.41. The summed E-state index contributed by atoms with van der Waals surface area (Å²) in [5, 5.41) is 9.41. The van der Waals surface area contributed by atoms with Crippen molar-refractivity contribution in [3.8, 4) is 17.6 Å². The molecule has 7 heteroatoms. The number of nitrogens with zero attached hydrogens (tertiary/aromatic N) is 2. The molecule has 0 aliphatic rings. The van der Waals surface area contributed by atoms with Crippen molar-refractivity contribution < 1.29 is 14.3 Å². The smallest absolute Gasteiger partial charge is 0.266 e. The van der Waals surface area contributed by atoms with Gasteiger partial charge in [-0.05, 0) is 25.5 Å². The van der Waals surface area contributed by atoms with Gasteiger partial charge < -0.3 is 25.8 Å². The molecule has 0 aliphatic carbocycles. The molecule has 1 rings (SSSR count). The average Bonchev–Trinajstić information content (AvgIpc) is 2.58. The summed E-state index contributed by atoms with van der Waals surface area (Å²) in [6.07, 6.45) is 0.793. The van der Waals surface area contributed by atoms with Crippen LogP contribution in [0.4, 0.5) is 5.69 Å². The SMILES string of the molecule is CCCN(CC)C(=O)/C(C#N)=C(\N)c1cc(N)c(OC)c(OC)c1. The normalized spacial score (nSPS) is 11.3. The highest BCUT2D eigenvalue weighted by atomic mass is 16.5. The first kappa shape index (κ1) is 19.2. The Morgan fingerprint density at radius 3 is 2.42 bits per heavy atom. The molecule has 130 valence electrons. The van der Waals surface area contributed by atoms with Gasteiger partial charge in [0.15, 0.2) is 11.5 Å². The molecule has 7 nitrogen and oxygen atoms in total. The lowest BCUT2D eigenvalue weighted by molar-refractivity contribution is -0.126. The second-order valence-electron chi connectivity index (χ2n) is 5.09. The van der Waals surface area contributed by atoms with Crippen molar-refractivity contribution in [2.75, 3.05) is 33.0 Å². The molecule has 0 heterocycles. The van der Waals surface area contributed by atoms with Gasteiger partial charge in [0.25, 0.3) is 5.91 Å². The van der Waals surface area contributed by atoms with Crippen molar-refractivity contribution >= 4 is 17.3 Å². The van der Waals surface area contributed by atoms with Crippen LogP contribution in [-0.2, 0) is 4.79 Å². The van der Waals surface area contributed by atoms with E-state index < -0.39 is 5.91 Å². The van der Waals surface area contributed by atoms with Crippen LogP contribution in [0.15, 0.2) is 17.7 Å². The van der Waals surface area contributed by atoms with E-state index in [9.17, 15) is 10.1 Å². The highest BCUT2D eigenvalue weighted by Gasteiger charge is 2.21. The zero-order chi connectivity index (χ0) is 18.3. The van der Waals surface area contributed by atoms with Crippen LogP contribution in [0.25, 0.3) is 5.70 Å². The second-order valence-corrected chi connectivity index (χ2v) is 5.09. The Labute approximate surface area is 142 Å². The summed E-state index contributed by atoms with van der Waals surface area (Å²) >= 11 is 0. The van der Waals surface area contributed by atoms with Gasteiger partial charge in [-0.25, -0.2) is 0 Å². The van der Waals surface area contributed by atoms with Gasteiger partial charge in [-0.2, -0.15) is 5.26 Å². The van der Waals surface area contributed by atoms with Gasteiger partial charge in [-0.1, -0.05) is 6.92 Å². The molecule has 24 heavy (non-hydrogen) atoms. The van der Waals surface area contributed by atoms with Crippen LogP contribution in [0.1, 0.15) is 25.8 Å². The molecule has 0 bridgehead atoms. The number of hydrogen-bond acceptors (Lipinski definition) is 6.